The number of carboxylic acids is 1. The minimum Gasteiger partial charge on any atom is -0.497 e. The van der Waals surface area contributed by atoms with Crippen LogP contribution in [0.2, 0.25) is 0 Å². The molecule has 1 aromatic rings. The molecule has 0 amide bonds. The second-order valence-corrected chi connectivity index (χ2v) is 4.53. The summed E-state index contributed by atoms with van der Waals surface area (Å²) >= 11 is 0. The molecule has 1 aromatic carbocycles. The van der Waals surface area contributed by atoms with Gasteiger partial charge in [-0.2, -0.15) is 0 Å². The van der Waals surface area contributed by atoms with E-state index in [1.807, 2.05) is 30.3 Å². The Kier molecular flexibility index (Phi) is 5.86. The molecule has 0 aliphatic rings. The number of carboxylic acid groups (broad SMARTS) is 1. The molecule has 0 fully saturated rings. The smallest absolute Gasteiger partial charge is 0.307 e. The van der Waals surface area contributed by atoms with Crippen molar-refractivity contribution in [3.8, 4) is 5.75 Å². The first-order valence-electron chi connectivity index (χ1n) is 6.27. The van der Waals surface area contributed by atoms with Crippen molar-refractivity contribution in [2.24, 2.45) is 5.92 Å². The van der Waals surface area contributed by atoms with Gasteiger partial charge >= 0.3 is 5.97 Å². The maximum Gasteiger partial charge on any atom is 0.307 e. The van der Waals surface area contributed by atoms with E-state index in [4.69, 9.17) is 9.84 Å². The van der Waals surface area contributed by atoms with E-state index < -0.39 is 5.97 Å². The summed E-state index contributed by atoms with van der Waals surface area (Å²) in [6.45, 7) is 4.22. The van der Waals surface area contributed by atoms with Crippen LogP contribution in [0.15, 0.2) is 42.5 Å². The normalized spacial score (nSPS) is 12.1. The summed E-state index contributed by atoms with van der Waals surface area (Å²) in [6.07, 6.45) is 5.46. The molecule has 3 nitrogen and oxygen atoms in total. The fraction of sp³-hybridized carbons (Fsp3) is 0.312. The Morgan fingerprint density at radius 2 is 1.95 bits per heavy atom. The minimum atomic E-state index is -0.819. The predicted octanol–water partition coefficient (Wildman–Crippen LogP) is 3.77. The summed E-state index contributed by atoms with van der Waals surface area (Å²) in [5.41, 5.74) is 2.29. The second-order valence-electron chi connectivity index (χ2n) is 4.53. The first kappa shape index (κ1) is 15.0. The Morgan fingerprint density at radius 1 is 1.32 bits per heavy atom. The lowest BCUT2D eigenvalue weighted by atomic mass is 9.95. The third kappa shape index (κ3) is 5.00. The van der Waals surface area contributed by atoms with Gasteiger partial charge in [-0.25, -0.2) is 0 Å². The van der Waals surface area contributed by atoms with E-state index in [2.05, 4.69) is 13.8 Å². The van der Waals surface area contributed by atoms with Crippen molar-refractivity contribution < 1.29 is 14.6 Å². The van der Waals surface area contributed by atoms with Crippen LogP contribution in [0.5, 0.6) is 5.75 Å². The summed E-state index contributed by atoms with van der Waals surface area (Å²) in [7, 11) is 1.64. The highest BCUT2D eigenvalue weighted by Crippen LogP contribution is 2.25. The number of rotatable bonds is 6. The number of benzene rings is 1. The van der Waals surface area contributed by atoms with Crippen LogP contribution in [0.1, 0.15) is 25.8 Å². The van der Waals surface area contributed by atoms with Crippen molar-refractivity contribution >= 4 is 11.5 Å². The van der Waals surface area contributed by atoms with Gasteiger partial charge in [-0.05, 0) is 29.2 Å². The molecule has 0 aliphatic carbocycles. The molecular weight excluding hydrogens is 240 g/mol. The van der Waals surface area contributed by atoms with Gasteiger partial charge < -0.3 is 9.84 Å². The number of allylic oxidation sites excluding steroid dienone is 3. The highest BCUT2D eigenvalue weighted by Gasteiger charge is 2.05. The molecule has 0 spiro atoms. The Bertz CT molecular complexity index is 467. The fourth-order valence-corrected chi connectivity index (χ4v) is 1.75. The van der Waals surface area contributed by atoms with Crippen LogP contribution < -0.4 is 4.74 Å². The number of hydrogen-bond donors (Lipinski definition) is 1. The maximum atomic E-state index is 10.4. The zero-order chi connectivity index (χ0) is 14.3. The standard InChI is InChI=1S/C16H20O3/c1-12(2)15(6-4-5-7-16(17)18)13-8-10-14(19-3)11-9-13/h4-6,8-12H,7H2,1-3H3,(H,17,18)/b5-4+,15-6+. The quantitative estimate of drug-likeness (QED) is 0.792. The summed E-state index contributed by atoms with van der Waals surface area (Å²) in [6, 6.07) is 7.87. The first-order chi connectivity index (χ1) is 9.04. The van der Waals surface area contributed by atoms with E-state index in [-0.39, 0.29) is 6.42 Å². The van der Waals surface area contributed by atoms with Crippen LogP contribution in [0, 0.1) is 5.92 Å². The van der Waals surface area contributed by atoms with Crippen molar-refractivity contribution in [2.75, 3.05) is 7.11 Å². The zero-order valence-corrected chi connectivity index (χ0v) is 11.6. The molecule has 19 heavy (non-hydrogen) atoms. The molecule has 0 saturated heterocycles. The average Bonchev–Trinajstić information content (AvgIpc) is 2.38. The summed E-state index contributed by atoms with van der Waals surface area (Å²) in [5, 5.41) is 8.58. The van der Waals surface area contributed by atoms with Gasteiger partial charge in [0.15, 0.2) is 0 Å². The first-order valence-corrected chi connectivity index (χ1v) is 6.27. The van der Waals surface area contributed by atoms with Gasteiger partial charge in [0.05, 0.1) is 13.5 Å². The van der Waals surface area contributed by atoms with E-state index in [1.54, 1.807) is 19.3 Å². The molecule has 0 saturated carbocycles. The molecule has 1 rings (SSSR count). The Balaban J connectivity index is 2.90. The minimum absolute atomic E-state index is 0.0461. The lowest BCUT2D eigenvalue weighted by Gasteiger charge is -2.11. The highest BCUT2D eigenvalue weighted by atomic mass is 16.5. The van der Waals surface area contributed by atoms with Crippen LogP contribution in [0.4, 0.5) is 0 Å². The summed E-state index contributed by atoms with van der Waals surface area (Å²) in [4.78, 5) is 10.4. The van der Waals surface area contributed by atoms with Crippen LogP contribution in [0.25, 0.3) is 5.57 Å². The molecule has 1 N–H and O–H groups in total. The van der Waals surface area contributed by atoms with Gasteiger partial charge in [-0.3, -0.25) is 4.79 Å². The molecule has 0 aromatic heterocycles. The van der Waals surface area contributed by atoms with Crippen molar-refractivity contribution in [3.63, 3.8) is 0 Å². The van der Waals surface area contributed by atoms with Gasteiger partial charge in [0.2, 0.25) is 0 Å². The largest absolute Gasteiger partial charge is 0.497 e. The van der Waals surface area contributed by atoms with E-state index >= 15 is 0 Å². The molecule has 0 aliphatic heterocycles. The molecule has 102 valence electrons. The highest BCUT2D eigenvalue weighted by molar-refractivity contribution is 5.70. The molecule has 0 unspecified atom stereocenters. The van der Waals surface area contributed by atoms with E-state index in [0.717, 1.165) is 11.3 Å². The van der Waals surface area contributed by atoms with Crippen LogP contribution >= 0.6 is 0 Å². The van der Waals surface area contributed by atoms with E-state index in [0.29, 0.717) is 5.92 Å². The number of aliphatic carboxylic acids is 1. The predicted molar refractivity (Wildman–Crippen MR) is 77.2 cm³/mol. The van der Waals surface area contributed by atoms with Crippen molar-refractivity contribution in [1.82, 2.24) is 0 Å². The van der Waals surface area contributed by atoms with Crippen LogP contribution in [-0.2, 0) is 4.79 Å². The molecular formula is C16H20O3. The SMILES string of the molecule is COc1ccc(/C(=C/C=C/CC(=O)O)C(C)C)cc1. The van der Waals surface area contributed by atoms with Gasteiger partial charge in [-0.15, -0.1) is 0 Å². The molecule has 0 radical (unpaired) electrons. The zero-order valence-electron chi connectivity index (χ0n) is 11.6. The molecule has 0 atom stereocenters. The van der Waals surface area contributed by atoms with Crippen LogP contribution in [-0.4, -0.2) is 18.2 Å². The summed E-state index contributed by atoms with van der Waals surface area (Å²) < 4.78 is 5.14. The number of hydrogen-bond acceptors (Lipinski definition) is 2. The third-order valence-electron chi connectivity index (χ3n) is 2.75. The van der Waals surface area contributed by atoms with Crippen molar-refractivity contribution in [2.45, 2.75) is 20.3 Å². The molecule has 0 bridgehead atoms. The number of carbonyl (C=O) groups is 1. The van der Waals surface area contributed by atoms with E-state index in [1.165, 1.54) is 5.57 Å². The number of ether oxygens (including phenoxy) is 1. The summed E-state index contributed by atoms with van der Waals surface area (Å²) in [5.74, 6) is 0.372. The van der Waals surface area contributed by atoms with Crippen molar-refractivity contribution in [1.29, 1.82) is 0 Å². The lowest BCUT2D eigenvalue weighted by Crippen LogP contribution is -1.94. The third-order valence-corrected chi connectivity index (χ3v) is 2.75. The van der Waals surface area contributed by atoms with Gasteiger partial charge in [0.1, 0.15) is 5.75 Å². The second kappa shape index (κ2) is 7.41. The lowest BCUT2D eigenvalue weighted by molar-refractivity contribution is -0.136. The average molecular weight is 260 g/mol. The topological polar surface area (TPSA) is 46.5 Å². The molecule has 0 heterocycles. The van der Waals surface area contributed by atoms with Gasteiger partial charge in [-0.1, -0.05) is 44.2 Å². The number of methoxy groups -OCH3 is 1. The Labute approximate surface area is 114 Å². The Hall–Kier alpha value is -2.03. The fourth-order valence-electron chi connectivity index (χ4n) is 1.75. The molecule has 3 heteroatoms. The Morgan fingerprint density at radius 3 is 2.42 bits per heavy atom. The van der Waals surface area contributed by atoms with Crippen molar-refractivity contribution in [3.05, 3.63) is 48.1 Å². The van der Waals surface area contributed by atoms with Crippen LogP contribution in [0.3, 0.4) is 0 Å². The monoisotopic (exact) mass is 260 g/mol. The van der Waals surface area contributed by atoms with E-state index in [9.17, 15) is 4.79 Å². The maximum absolute atomic E-state index is 10.4. The van der Waals surface area contributed by atoms with Gasteiger partial charge in [0.25, 0.3) is 0 Å². The van der Waals surface area contributed by atoms with Gasteiger partial charge in [0, 0.05) is 0 Å².